The molecule has 1 fully saturated rings. The van der Waals surface area contributed by atoms with Crippen molar-refractivity contribution in [3.8, 4) is 11.5 Å². The van der Waals surface area contributed by atoms with Crippen LogP contribution in [0.2, 0.25) is 0 Å². The smallest absolute Gasteiger partial charge is 0.191 e. The zero-order valence-electron chi connectivity index (χ0n) is 19.9. The molecule has 0 aliphatic carbocycles. The van der Waals surface area contributed by atoms with Gasteiger partial charge in [-0.3, -0.25) is 4.90 Å². The first-order chi connectivity index (χ1) is 15.7. The lowest BCUT2D eigenvalue weighted by Crippen LogP contribution is -2.41. The molecular weight excluding hydrogens is 531 g/mol. The van der Waals surface area contributed by atoms with Crippen LogP contribution in [0.15, 0.2) is 53.5 Å². The van der Waals surface area contributed by atoms with Crippen molar-refractivity contribution in [3.63, 3.8) is 0 Å². The highest BCUT2D eigenvalue weighted by Gasteiger charge is 2.13. The molecule has 0 saturated carbocycles. The van der Waals surface area contributed by atoms with Gasteiger partial charge in [-0.2, -0.15) is 0 Å². The Kier molecular flexibility index (Phi) is 12.3. The molecule has 182 valence electrons. The molecule has 33 heavy (non-hydrogen) atoms. The number of guanidine groups is 1. The van der Waals surface area contributed by atoms with E-state index in [1.807, 2.05) is 31.2 Å². The van der Waals surface area contributed by atoms with Crippen molar-refractivity contribution in [1.29, 1.82) is 0 Å². The highest BCUT2D eigenvalue weighted by Crippen LogP contribution is 2.20. The number of halogens is 1. The van der Waals surface area contributed by atoms with Gasteiger partial charge in [0.2, 0.25) is 0 Å². The van der Waals surface area contributed by atoms with Crippen molar-refractivity contribution in [2.24, 2.45) is 4.99 Å². The Hall–Kier alpha value is -2.04. The molecule has 1 heterocycles. The second-order valence-corrected chi connectivity index (χ2v) is 7.84. The van der Waals surface area contributed by atoms with E-state index < -0.39 is 0 Å². The van der Waals surface area contributed by atoms with Gasteiger partial charge in [0.25, 0.3) is 0 Å². The molecule has 1 atom stereocenters. The maximum atomic E-state index is 6.01. The summed E-state index contributed by atoms with van der Waals surface area (Å²) in [7, 11) is 1.66. The number of rotatable bonds is 10. The summed E-state index contributed by atoms with van der Waals surface area (Å²) < 4.78 is 16.7. The lowest BCUT2D eigenvalue weighted by atomic mass is 10.1. The van der Waals surface area contributed by atoms with Crippen LogP contribution in [-0.4, -0.2) is 63.5 Å². The maximum absolute atomic E-state index is 6.01. The van der Waals surface area contributed by atoms with Crippen molar-refractivity contribution < 1.29 is 14.2 Å². The number of benzene rings is 2. The molecule has 2 aromatic rings. The molecule has 2 aromatic carbocycles. The number of ether oxygens (including phenoxy) is 3. The number of nitrogens with zero attached hydrogens (tertiary/aromatic N) is 2. The average Bonchev–Trinajstić information content (AvgIpc) is 2.82. The van der Waals surface area contributed by atoms with Gasteiger partial charge in [-0.25, -0.2) is 4.99 Å². The van der Waals surface area contributed by atoms with E-state index in [1.165, 1.54) is 11.1 Å². The standard InChI is InChI=1S/C25H36N4O3.HI/c1-4-26-25(27-17-20(2)32-24-11-7-10-23(16-24)30-3)28-18-21-8-5-6-9-22(21)19-29-12-14-31-15-13-29;/h5-11,16,20H,4,12-15,17-19H2,1-3H3,(H2,26,27,28);1H. The molecule has 1 aliphatic heterocycles. The number of morpholine rings is 1. The van der Waals surface area contributed by atoms with Crippen LogP contribution in [0.3, 0.4) is 0 Å². The summed E-state index contributed by atoms with van der Waals surface area (Å²) in [5, 5.41) is 6.72. The highest BCUT2D eigenvalue weighted by atomic mass is 127. The van der Waals surface area contributed by atoms with E-state index in [9.17, 15) is 0 Å². The SMILES string of the molecule is CCNC(=NCc1ccccc1CN1CCOCC1)NCC(C)Oc1cccc(OC)c1.I. The van der Waals surface area contributed by atoms with Crippen LogP contribution in [0.4, 0.5) is 0 Å². The Morgan fingerprint density at radius 2 is 1.79 bits per heavy atom. The van der Waals surface area contributed by atoms with Crippen molar-refractivity contribution in [2.45, 2.75) is 33.0 Å². The zero-order chi connectivity index (χ0) is 22.6. The van der Waals surface area contributed by atoms with Crippen molar-refractivity contribution >= 4 is 29.9 Å². The number of nitrogens with one attached hydrogen (secondary N) is 2. The van der Waals surface area contributed by atoms with E-state index in [1.54, 1.807) is 7.11 Å². The monoisotopic (exact) mass is 568 g/mol. The van der Waals surface area contributed by atoms with Crippen LogP contribution in [0, 0.1) is 0 Å². The molecule has 3 rings (SSSR count). The first-order valence-corrected chi connectivity index (χ1v) is 11.4. The van der Waals surface area contributed by atoms with Gasteiger partial charge >= 0.3 is 0 Å². The van der Waals surface area contributed by atoms with Gasteiger partial charge in [-0.15, -0.1) is 24.0 Å². The zero-order valence-corrected chi connectivity index (χ0v) is 22.2. The first kappa shape index (κ1) is 27.2. The normalized spacial score (nSPS) is 15.3. The van der Waals surface area contributed by atoms with Gasteiger partial charge < -0.3 is 24.8 Å². The fraction of sp³-hybridized carbons (Fsp3) is 0.480. The first-order valence-electron chi connectivity index (χ1n) is 11.4. The summed E-state index contributed by atoms with van der Waals surface area (Å²) in [5.41, 5.74) is 2.57. The Labute approximate surface area is 214 Å². The molecule has 0 bridgehead atoms. The van der Waals surface area contributed by atoms with Gasteiger partial charge in [-0.1, -0.05) is 30.3 Å². The summed E-state index contributed by atoms with van der Waals surface area (Å²) in [6.45, 7) is 10.7. The van der Waals surface area contributed by atoms with E-state index in [0.717, 1.165) is 56.9 Å². The minimum Gasteiger partial charge on any atom is -0.497 e. The lowest BCUT2D eigenvalue weighted by Gasteiger charge is -2.27. The van der Waals surface area contributed by atoms with Crippen molar-refractivity contribution in [1.82, 2.24) is 15.5 Å². The Balaban J connectivity index is 0.00000385. The van der Waals surface area contributed by atoms with Gasteiger partial charge in [0, 0.05) is 32.2 Å². The summed E-state index contributed by atoms with van der Waals surface area (Å²) in [6.07, 6.45) is -0.0282. The third kappa shape index (κ3) is 9.38. The molecule has 0 amide bonds. The molecule has 1 saturated heterocycles. The largest absolute Gasteiger partial charge is 0.497 e. The molecule has 7 nitrogen and oxygen atoms in total. The van der Waals surface area contributed by atoms with Crippen molar-refractivity contribution in [3.05, 3.63) is 59.7 Å². The second kappa shape index (κ2) is 15.0. The van der Waals surface area contributed by atoms with Crippen LogP contribution in [0.25, 0.3) is 0 Å². The van der Waals surface area contributed by atoms with Crippen LogP contribution in [-0.2, 0) is 17.8 Å². The average molecular weight is 569 g/mol. The molecule has 8 heteroatoms. The quantitative estimate of drug-likeness (QED) is 0.259. The Morgan fingerprint density at radius 1 is 1.06 bits per heavy atom. The van der Waals surface area contributed by atoms with Crippen LogP contribution in [0.5, 0.6) is 11.5 Å². The summed E-state index contributed by atoms with van der Waals surface area (Å²) >= 11 is 0. The van der Waals surface area contributed by atoms with Crippen LogP contribution < -0.4 is 20.1 Å². The molecule has 1 unspecified atom stereocenters. The fourth-order valence-electron chi connectivity index (χ4n) is 3.56. The van der Waals surface area contributed by atoms with E-state index in [4.69, 9.17) is 19.2 Å². The molecule has 0 radical (unpaired) electrons. The number of methoxy groups -OCH3 is 1. The summed E-state index contributed by atoms with van der Waals surface area (Å²) in [5.74, 6) is 2.36. The van der Waals surface area contributed by atoms with E-state index in [0.29, 0.717) is 13.1 Å². The maximum Gasteiger partial charge on any atom is 0.191 e. The van der Waals surface area contributed by atoms with E-state index in [2.05, 4.69) is 46.7 Å². The van der Waals surface area contributed by atoms with Gasteiger partial charge in [0.1, 0.15) is 17.6 Å². The third-order valence-corrected chi connectivity index (χ3v) is 5.30. The molecule has 0 aromatic heterocycles. The second-order valence-electron chi connectivity index (χ2n) is 7.84. The summed E-state index contributed by atoms with van der Waals surface area (Å²) in [6, 6.07) is 16.2. The van der Waals surface area contributed by atoms with Gasteiger partial charge in [0.05, 0.1) is 33.4 Å². The number of hydrogen-bond acceptors (Lipinski definition) is 5. The van der Waals surface area contributed by atoms with Crippen LogP contribution >= 0.6 is 24.0 Å². The third-order valence-electron chi connectivity index (χ3n) is 5.30. The number of hydrogen-bond donors (Lipinski definition) is 2. The predicted octanol–water partition coefficient (Wildman–Crippen LogP) is 3.67. The van der Waals surface area contributed by atoms with Crippen LogP contribution in [0.1, 0.15) is 25.0 Å². The topological polar surface area (TPSA) is 67.4 Å². The highest BCUT2D eigenvalue weighted by molar-refractivity contribution is 14.0. The minimum atomic E-state index is -0.0282. The Bertz CT molecular complexity index is 859. The molecule has 1 aliphatic rings. The Morgan fingerprint density at radius 3 is 2.52 bits per heavy atom. The summed E-state index contributed by atoms with van der Waals surface area (Å²) in [4.78, 5) is 7.26. The van der Waals surface area contributed by atoms with Gasteiger partial charge in [0.15, 0.2) is 5.96 Å². The minimum absolute atomic E-state index is 0. The number of aliphatic imine (C=N–C) groups is 1. The lowest BCUT2D eigenvalue weighted by molar-refractivity contribution is 0.0341. The van der Waals surface area contributed by atoms with Gasteiger partial charge in [-0.05, 0) is 37.1 Å². The molecular formula is C25H37IN4O3. The molecule has 2 N–H and O–H groups in total. The predicted molar refractivity (Wildman–Crippen MR) is 144 cm³/mol. The fourth-order valence-corrected chi connectivity index (χ4v) is 3.56. The molecule has 0 spiro atoms. The van der Waals surface area contributed by atoms with E-state index >= 15 is 0 Å². The van der Waals surface area contributed by atoms with Crippen molar-refractivity contribution in [2.75, 3.05) is 46.5 Å². The van der Waals surface area contributed by atoms with E-state index in [-0.39, 0.29) is 30.1 Å².